The number of benzene rings is 1. The lowest BCUT2D eigenvalue weighted by Gasteiger charge is -2.10. The third-order valence-corrected chi connectivity index (χ3v) is 5.02. The summed E-state index contributed by atoms with van der Waals surface area (Å²) in [5, 5.41) is 13.1. The Morgan fingerprint density at radius 1 is 1.18 bits per heavy atom. The molecule has 1 aliphatic rings. The summed E-state index contributed by atoms with van der Waals surface area (Å²) in [6.07, 6.45) is 5.11. The van der Waals surface area contributed by atoms with Gasteiger partial charge in [-0.05, 0) is 31.0 Å². The minimum atomic E-state index is 0.0522. The highest BCUT2D eigenvalue weighted by Gasteiger charge is 2.25. The van der Waals surface area contributed by atoms with Crippen molar-refractivity contribution in [2.75, 3.05) is 7.05 Å². The van der Waals surface area contributed by atoms with E-state index >= 15 is 0 Å². The molecule has 0 atom stereocenters. The molecule has 4 rings (SSSR count). The summed E-state index contributed by atoms with van der Waals surface area (Å²) >= 11 is 0. The van der Waals surface area contributed by atoms with Crippen molar-refractivity contribution in [3.05, 3.63) is 59.5 Å². The molecule has 6 heteroatoms. The van der Waals surface area contributed by atoms with Gasteiger partial charge in [-0.15, -0.1) is 0 Å². The van der Waals surface area contributed by atoms with Gasteiger partial charge in [0.2, 0.25) is 0 Å². The number of amides is 1. The number of aryl methyl sites for hydroxylation is 2. The van der Waals surface area contributed by atoms with Gasteiger partial charge >= 0.3 is 0 Å². The first-order chi connectivity index (χ1) is 13.6. The zero-order chi connectivity index (χ0) is 19.7. The molecule has 140 valence electrons. The SMILES string of the molecule is Cc1ccc(-c2cnn(CCCC#N)c2)c(-c2ccc3c(c2)C(=O)N(C)C3)n1. The highest BCUT2D eigenvalue weighted by molar-refractivity contribution is 5.99. The molecule has 0 bridgehead atoms. The Kier molecular flexibility index (Phi) is 4.66. The summed E-state index contributed by atoms with van der Waals surface area (Å²) in [4.78, 5) is 18.9. The fourth-order valence-corrected chi connectivity index (χ4v) is 3.55. The third kappa shape index (κ3) is 3.27. The molecule has 0 saturated carbocycles. The molecule has 3 heterocycles. The van der Waals surface area contributed by atoms with Gasteiger partial charge < -0.3 is 4.90 Å². The van der Waals surface area contributed by atoms with Gasteiger partial charge in [0.05, 0.1) is 18.0 Å². The quantitative estimate of drug-likeness (QED) is 0.639. The number of nitriles is 1. The fraction of sp³-hybridized carbons (Fsp3) is 0.273. The maximum absolute atomic E-state index is 12.4. The Hall–Kier alpha value is -3.46. The zero-order valence-corrected chi connectivity index (χ0v) is 16.0. The standard InChI is InChI=1S/C22H21N5O/c1-15-5-8-19(18-12-24-27(14-18)10-4-3-9-23)21(25-15)16-6-7-17-13-26(2)22(28)20(17)11-16/h5-8,11-12,14H,3-4,10,13H2,1-2H3. The number of nitrogens with zero attached hydrogens (tertiary/aromatic N) is 5. The van der Waals surface area contributed by atoms with Crippen molar-refractivity contribution in [3.63, 3.8) is 0 Å². The molecule has 0 spiro atoms. The Bertz CT molecular complexity index is 1090. The van der Waals surface area contributed by atoms with E-state index < -0.39 is 0 Å². The highest BCUT2D eigenvalue weighted by atomic mass is 16.2. The molecule has 0 unspecified atom stereocenters. The summed E-state index contributed by atoms with van der Waals surface area (Å²) in [6.45, 7) is 3.32. The van der Waals surface area contributed by atoms with E-state index in [0.717, 1.165) is 45.6 Å². The molecule has 0 N–H and O–H groups in total. The molecular weight excluding hydrogens is 350 g/mol. The second kappa shape index (κ2) is 7.28. The van der Waals surface area contributed by atoms with Crippen LogP contribution in [0.15, 0.2) is 42.7 Å². The van der Waals surface area contributed by atoms with E-state index in [0.29, 0.717) is 19.5 Å². The molecule has 0 saturated heterocycles. The van der Waals surface area contributed by atoms with Crippen molar-refractivity contribution in [2.45, 2.75) is 32.9 Å². The minimum absolute atomic E-state index is 0.0522. The lowest BCUT2D eigenvalue weighted by atomic mass is 9.98. The van der Waals surface area contributed by atoms with Gasteiger partial charge in [-0.1, -0.05) is 18.2 Å². The molecule has 0 aliphatic carbocycles. The van der Waals surface area contributed by atoms with E-state index in [-0.39, 0.29) is 5.91 Å². The number of fused-ring (bicyclic) bond motifs is 1. The van der Waals surface area contributed by atoms with Gasteiger partial charge in [-0.25, -0.2) is 0 Å². The highest BCUT2D eigenvalue weighted by Crippen LogP contribution is 2.33. The van der Waals surface area contributed by atoms with Gasteiger partial charge in [0.25, 0.3) is 5.91 Å². The van der Waals surface area contributed by atoms with Crippen LogP contribution in [0, 0.1) is 18.3 Å². The predicted molar refractivity (Wildman–Crippen MR) is 106 cm³/mol. The normalized spacial score (nSPS) is 12.9. The summed E-state index contributed by atoms with van der Waals surface area (Å²) in [5.41, 5.74) is 6.46. The largest absolute Gasteiger partial charge is 0.337 e. The number of hydrogen-bond acceptors (Lipinski definition) is 4. The maximum Gasteiger partial charge on any atom is 0.254 e. The first-order valence-electron chi connectivity index (χ1n) is 9.33. The van der Waals surface area contributed by atoms with Crippen LogP contribution in [-0.2, 0) is 13.1 Å². The topological polar surface area (TPSA) is 74.8 Å². The number of rotatable bonds is 5. The molecule has 1 amide bonds. The van der Waals surface area contributed by atoms with Crippen LogP contribution in [0.25, 0.3) is 22.4 Å². The van der Waals surface area contributed by atoms with Crippen LogP contribution >= 0.6 is 0 Å². The van der Waals surface area contributed by atoms with Crippen molar-refractivity contribution in [1.29, 1.82) is 5.26 Å². The molecule has 2 aromatic heterocycles. The Morgan fingerprint density at radius 3 is 2.86 bits per heavy atom. The van der Waals surface area contributed by atoms with Crippen LogP contribution in [0.4, 0.5) is 0 Å². The Labute approximate surface area is 164 Å². The van der Waals surface area contributed by atoms with E-state index in [2.05, 4.69) is 17.2 Å². The number of carbonyl (C=O) groups excluding carboxylic acids is 1. The maximum atomic E-state index is 12.4. The Morgan fingerprint density at radius 2 is 2.04 bits per heavy atom. The molecule has 1 aliphatic heterocycles. The lowest BCUT2D eigenvalue weighted by molar-refractivity contribution is 0.0816. The van der Waals surface area contributed by atoms with Crippen molar-refractivity contribution in [1.82, 2.24) is 19.7 Å². The number of hydrogen-bond donors (Lipinski definition) is 0. The molecule has 28 heavy (non-hydrogen) atoms. The van der Waals surface area contributed by atoms with E-state index in [9.17, 15) is 4.79 Å². The van der Waals surface area contributed by atoms with Crippen molar-refractivity contribution in [3.8, 4) is 28.5 Å². The minimum Gasteiger partial charge on any atom is -0.337 e. The summed E-state index contributed by atoms with van der Waals surface area (Å²) in [6, 6.07) is 12.2. The van der Waals surface area contributed by atoms with E-state index in [1.807, 2.05) is 55.3 Å². The second-order valence-electron chi connectivity index (χ2n) is 7.14. The van der Waals surface area contributed by atoms with Crippen LogP contribution in [0.1, 0.15) is 34.5 Å². The van der Waals surface area contributed by atoms with Crippen LogP contribution < -0.4 is 0 Å². The van der Waals surface area contributed by atoms with Gasteiger partial charge in [0.15, 0.2) is 0 Å². The summed E-state index contributed by atoms with van der Waals surface area (Å²) < 4.78 is 1.86. The molecule has 0 fully saturated rings. The summed E-state index contributed by atoms with van der Waals surface area (Å²) in [5.74, 6) is 0.0522. The smallest absolute Gasteiger partial charge is 0.254 e. The third-order valence-electron chi connectivity index (χ3n) is 5.02. The van der Waals surface area contributed by atoms with Gasteiger partial charge in [-0.3, -0.25) is 14.5 Å². The number of pyridine rings is 1. The number of aromatic nitrogens is 3. The fourth-order valence-electron chi connectivity index (χ4n) is 3.55. The van der Waals surface area contributed by atoms with Crippen LogP contribution in [-0.4, -0.2) is 32.6 Å². The van der Waals surface area contributed by atoms with Crippen molar-refractivity contribution in [2.24, 2.45) is 0 Å². The van der Waals surface area contributed by atoms with E-state index in [4.69, 9.17) is 10.2 Å². The summed E-state index contributed by atoms with van der Waals surface area (Å²) in [7, 11) is 1.82. The van der Waals surface area contributed by atoms with E-state index in [1.165, 1.54) is 0 Å². The Balaban J connectivity index is 1.73. The monoisotopic (exact) mass is 371 g/mol. The van der Waals surface area contributed by atoms with Crippen molar-refractivity contribution < 1.29 is 4.79 Å². The number of carbonyl (C=O) groups is 1. The van der Waals surface area contributed by atoms with Crippen LogP contribution in [0.2, 0.25) is 0 Å². The van der Waals surface area contributed by atoms with Gasteiger partial charge in [0.1, 0.15) is 0 Å². The van der Waals surface area contributed by atoms with Crippen molar-refractivity contribution >= 4 is 5.91 Å². The van der Waals surface area contributed by atoms with Gasteiger partial charge in [-0.2, -0.15) is 10.4 Å². The first-order valence-corrected chi connectivity index (χ1v) is 9.33. The molecule has 6 nitrogen and oxygen atoms in total. The number of unbranched alkanes of at least 4 members (excludes halogenated alkanes) is 1. The lowest BCUT2D eigenvalue weighted by Crippen LogP contribution is -2.17. The molecule has 3 aromatic rings. The average Bonchev–Trinajstić information content (AvgIpc) is 3.27. The zero-order valence-electron chi connectivity index (χ0n) is 16.0. The van der Waals surface area contributed by atoms with Crippen LogP contribution in [0.5, 0.6) is 0 Å². The first kappa shape index (κ1) is 17.9. The van der Waals surface area contributed by atoms with Crippen LogP contribution in [0.3, 0.4) is 0 Å². The molecular formula is C22H21N5O. The average molecular weight is 371 g/mol. The predicted octanol–water partition coefficient (Wildman–Crippen LogP) is 3.81. The second-order valence-corrected chi connectivity index (χ2v) is 7.14. The molecule has 0 radical (unpaired) electrons. The van der Waals surface area contributed by atoms with Gasteiger partial charge in [0, 0.05) is 60.7 Å². The molecule has 1 aromatic carbocycles. The van der Waals surface area contributed by atoms with E-state index in [1.54, 1.807) is 4.90 Å².